The lowest BCUT2D eigenvalue weighted by Gasteiger charge is -2.34. The summed E-state index contributed by atoms with van der Waals surface area (Å²) in [5.41, 5.74) is 2.45. The van der Waals surface area contributed by atoms with Crippen molar-refractivity contribution in [3.05, 3.63) is 125 Å². The highest BCUT2D eigenvalue weighted by Gasteiger charge is 2.34. The van der Waals surface area contributed by atoms with Crippen molar-refractivity contribution in [3.8, 4) is 5.75 Å². The first-order valence-corrected chi connectivity index (χ1v) is 15.5. The lowest BCUT2D eigenvalue weighted by Crippen LogP contribution is -2.53. The van der Waals surface area contributed by atoms with E-state index < -0.39 is 28.5 Å². The number of likely N-dealkylation sites (N-methyl/N-ethyl adjacent to an activating group) is 1. The molecule has 0 saturated heterocycles. The molecular weight excluding hydrogens is 586 g/mol. The van der Waals surface area contributed by atoms with Crippen molar-refractivity contribution in [2.45, 2.75) is 30.8 Å². The van der Waals surface area contributed by atoms with Crippen LogP contribution in [0, 0.1) is 6.92 Å². The van der Waals surface area contributed by atoms with Crippen molar-refractivity contribution in [1.82, 2.24) is 10.2 Å². The average Bonchev–Trinajstić information content (AvgIpc) is 3.02. The number of anilines is 1. The van der Waals surface area contributed by atoms with Gasteiger partial charge in [-0.05, 0) is 66.1 Å². The van der Waals surface area contributed by atoms with E-state index >= 15 is 0 Å². The zero-order valence-electron chi connectivity index (χ0n) is 24.2. The van der Waals surface area contributed by atoms with E-state index in [4.69, 9.17) is 16.3 Å². The summed E-state index contributed by atoms with van der Waals surface area (Å²) in [6, 6.07) is 28.4. The van der Waals surface area contributed by atoms with Crippen molar-refractivity contribution in [2.24, 2.45) is 0 Å². The molecule has 1 N–H and O–H groups in total. The number of carbonyl (C=O) groups excluding carboxylic acids is 2. The molecule has 1 atom stereocenters. The summed E-state index contributed by atoms with van der Waals surface area (Å²) in [6.07, 6.45) is 0.224. The second-order valence-corrected chi connectivity index (χ2v) is 12.2. The molecule has 4 aromatic carbocycles. The van der Waals surface area contributed by atoms with Gasteiger partial charge in [0, 0.05) is 25.0 Å². The van der Waals surface area contributed by atoms with Crippen LogP contribution in [0.15, 0.2) is 108 Å². The molecule has 0 bridgehead atoms. The van der Waals surface area contributed by atoms with Crippen LogP contribution in [0.3, 0.4) is 0 Å². The van der Waals surface area contributed by atoms with E-state index in [0.717, 1.165) is 15.4 Å². The normalized spacial score (nSPS) is 11.8. The van der Waals surface area contributed by atoms with E-state index in [2.05, 4.69) is 5.32 Å². The smallest absolute Gasteiger partial charge is 0.264 e. The molecule has 0 aromatic heterocycles. The molecule has 0 fully saturated rings. The Bertz CT molecular complexity index is 1670. The third kappa shape index (κ3) is 7.74. The second kappa shape index (κ2) is 14.2. The highest BCUT2D eigenvalue weighted by Crippen LogP contribution is 2.29. The van der Waals surface area contributed by atoms with Gasteiger partial charge < -0.3 is 15.0 Å². The minimum absolute atomic E-state index is 0.0311. The Labute approximate surface area is 257 Å². The Morgan fingerprint density at radius 2 is 1.53 bits per heavy atom. The van der Waals surface area contributed by atoms with Gasteiger partial charge in [0.2, 0.25) is 11.8 Å². The largest absolute Gasteiger partial charge is 0.497 e. The van der Waals surface area contributed by atoms with E-state index in [9.17, 15) is 18.0 Å². The van der Waals surface area contributed by atoms with Gasteiger partial charge in [-0.2, -0.15) is 0 Å². The average molecular weight is 620 g/mol. The van der Waals surface area contributed by atoms with Crippen LogP contribution in [0.2, 0.25) is 5.02 Å². The van der Waals surface area contributed by atoms with Crippen LogP contribution in [-0.2, 0) is 32.6 Å². The summed E-state index contributed by atoms with van der Waals surface area (Å²) in [7, 11) is -1.13. The molecule has 0 aliphatic carbocycles. The van der Waals surface area contributed by atoms with Gasteiger partial charge in [-0.15, -0.1) is 0 Å². The van der Waals surface area contributed by atoms with Crippen LogP contribution in [0.5, 0.6) is 5.75 Å². The van der Waals surface area contributed by atoms with E-state index in [1.54, 1.807) is 68.6 Å². The highest BCUT2D eigenvalue weighted by atomic mass is 35.5. The minimum Gasteiger partial charge on any atom is -0.497 e. The predicted octanol–water partition coefficient (Wildman–Crippen LogP) is 5.24. The van der Waals surface area contributed by atoms with Gasteiger partial charge in [0.05, 0.1) is 17.7 Å². The molecular formula is C33H34ClN3O5S. The van der Waals surface area contributed by atoms with Crippen molar-refractivity contribution in [3.63, 3.8) is 0 Å². The van der Waals surface area contributed by atoms with Gasteiger partial charge in [0.25, 0.3) is 10.0 Å². The molecule has 0 spiro atoms. The standard InChI is InChI=1S/C33H34ClN3O5S/c1-24-19-27(34)17-18-30(24)37(43(40,41)29-15-8-5-9-16-29)23-32(38)36(22-26-13-10-14-28(20-26)42-3)31(33(39)35-2)21-25-11-6-4-7-12-25/h4-20,31H,21-23H2,1-3H3,(H,35,39)/t31-/m0/s1. The first kappa shape index (κ1) is 31.6. The van der Waals surface area contributed by atoms with Gasteiger partial charge in [-0.1, -0.05) is 72.3 Å². The SMILES string of the molecule is CNC(=O)[C@H](Cc1ccccc1)N(Cc1cccc(OC)c1)C(=O)CN(c1ccc(Cl)cc1C)S(=O)(=O)c1ccccc1. The molecule has 8 nitrogen and oxygen atoms in total. The number of benzene rings is 4. The van der Waals surface area contributed by atoms with Gasteiger partial charge in [0.15, 0.2) is 0 Å². The maximum atomic E-state index is 14.4. The zero-order chi connectivity index (χ0) is 31.0. The Morgan fingerprint density at radius 3 is 2.16 bits per heavy atom. The number of halogens is 1. The fraction of sp³-hybridized carbons (Fsp3) is 0.212. The number of amides is 2. The monoisotopic (exact) mass is 619 g/mol. The third-order valence-corrected chi connectivity index (χ3v) is 9.05. The number of ether oxygens (including phenoxy) is 1. The van der Waals surface area contributed by atoms with Gasteiger partial charge in [-0.3, -0.25) is 13.9 Å². The van der Waals surface area contributed by atoms with Crippen molar-refractivity contribution in [1.29, 1.82) is 0 Å². The van der Waals surface area contributed by atoms with Crippen LogP contribution >= 0.6 is 11.6 Å². The van der Waals surface area contributed by atoms with Gasteiger partial charge in [-0.25, -0.2) is 8.42 Å². The number of rotatable bonds is 12. The second-order valence-electron chi connectivity index (χ2n) is 9.95. The lowest BCUT2D eigenvalue weighted by atomic mass is 10.0. The fourth-order valence-electron chi connectivity index (χ4n) is 4.82. The number of hydrogen-bond donors (Lipinski definition) is 1. The van der Waals surface area contributed by atoms with Crippen LogP contribution < -0.4 is 14.4 Å². The van der Waals surface area contributed by atoms with E-state index in [1.807, 2.05) is 36.4 Å². The summed E-state index contributed by atoms with van der Waals surface area (Å²) >= 11 is 6.20. The zero-order valence-corrected chi connectivity index (χ0v) is 25.8. The van der Waals surface area contributed by atoms with Crippen LogP contribution in [-0.4, -0.2) is 51.9 Å². The topological polar surface area (TPSA) is 96.0 Å². The van der Waals surface area contributed by atoms with Crippen molar-refractivity contribution in [2.75, 3.05) is 25.0 Å². The van der Waals surface area contributed by atoms with Gasteiger partial charge >= 0.3 is 0 Å². The van der Waals surface area contributed by atoms with Crippen LogP contribution in [0.1, 0.15) is 16.7 Å². The molecule has 0 aliphatic rings. The summed E-state index contributed by atoms with van der Waals surface area (Å²) in [6.45, 7) is 1.22. The molecule has 43 heavy (non-hydrogen) atoms. The van der Waals surface area contributed by atoms with Crippen LogP contribution in [0.25, 0.3) is 0 Å². The number of aryl methyl sites for hydroxylation is 1. The highest BCUT2D eigenvalue weighted by molar-refractivity contribution is 7.92. The molecule has 4 rings (SSSR count). The molecule has 224 valence electrons. The summed E-state index contributed by atoms with van der Waals surface area (Å²) < 4.78 is 34.6. The molecule has 2 amide bonds. The number of methoxy groups -OCH3 is 1. The number of carbonyl (C=O) groups is 2. The predicted molar refractivity (Wildman–Crippen MR) is 169 cm³/mol. The molecule has 0 saturated carbocycles. The first-order valence-electron chi connectivity index (χ1n) is 13.7. The molecule has 4 aromatic rings. The maximum Gasteiger partial charge on any atom is 0.264 e. The summed E-state index contributed by atoms with van der Waals surface area (Å²) in [5.74, 6) is -0.337. The Balaban J connectivity index is 1.81. The lowest BCUT2D eigenvalue weighted by molar-refractivity contribution is -0.139. The fourth-order valence-corrected chi connectivity index (χ4v) is 6.55. The molecule has 0 aliphatic heterocycles. The Hall–Kier alpha value is -4.34. The first-order chi connectivity index (χ1) is 20.6. The van der Waals surface area contributed by atoms with Crippen molar-refractivity contribution >= 4 is 39.1 Å². The molecule has 0 radical (unpaired) electrons. The summed E-state index contributed by atoms with van der Waals surface area (Å²) in [5, 5.41) is 3.12. The van der Waals surface area contributed by atoms with Crippen molar-refractivity contribution < 1.29 is 22.7 Å². The Kier molecular flexibility index (Phi) is 10.4. The minimum atomic E-state index is -4.19. The quantitative estimate of drug-likeness (QED) is 0.234. The van der Waals surface area contributed by atoms with E-state index in [0.29, 0.717) is 22.0 Å². The number of nitrogens with one attached hydrogen (secondary N) is 1. The number of hydrogen-bond acceptors (Lipinski definition) is 5. The molecule has 0 unspecified atom stereocenters. The number of nitrogens with zero attached hydrogens (tertiary/aromatic N) is 2. The third-order valence-electron chi connectivity index (χ3n) is 7.04. The summed E-state index contributed by atoms with van der Waals surface area (Å²) in [4.78, 5) is 29.2. The van der Waals surface area contributed by atoms with E-state index in [1.165, 1.54) is 24.1 Å². The number of sulfonamides is 1. The maximum absolute atomic E-state index is 14.4. The molecule has 0 heterocycles. The van der Waals surface area contributed by atoms with Crippen LogP contribution in [0.4, 0.5) is 5.69 Å². The molecule has 10 heteroatoms. The van der Waals surface area contributed by atoms with Gasteiger partial charge in [0.1, 0.15) is 18.3 Å². The van der Waals surface area contributed by atoms with E-state index in [-0.39, 0.29) is 23.8 Å². The Morgan fingerprint density at radius 1 is 0.884 bits per heavy atom.